The molecule has 1 fully saturated rings. The molecular formula is C21H19ClN2O7. The van der Waals surface area contributed by atoms with Gasteiger partial charge in [0.2, 0.25) is 0 Å². The highest BCUT2D eigenvalue weighted by Gasteiger charge is 2.36. The van der Waals surface area contributed by atoms with Crippen LogP contribution in [-0.2, 0) is 0 Å². The van der Waals surface area contributed by atoms with E-state index in [1.807, 2.05) is 11.9 Å². The zero-order chi connectivity index (χ0) is 22.4. The predicted molar refractivity (Wildman–Crippen MR) is 114 cm³/mol. The van der Waals surface area contributed by atoms with E-state index in [-0.39, 0.29) is 62.9 Å². The van der Waals surface area contributed by atoms with E-state index in [9.17, 15) is 30.2 Å². The van der Waals surface area contributed by atoms with E-state index in [0.29, 0.717) is 13.0 Å². The van der Waals surface area contributed by atoms with E-state index in [4.69, 9.17) is 16.0 Å². The Kier molecular flexibility index (Phi) is 5.34. The number of aromatic hydroxyl groups is 2. The minimum Gasteiger partial charge on any atom is -0.507 e. The highest BCUT2D eigenvalue weighted by molar-refractivity contribution is 6.35. The number of benzene rings is 2. The minimum absolute atomic E-state index is 0.0376. The van der Waals surface area contributed by atoms with E-state index < -0.39 is 16.1 Å². The number of hydrogen-bond acceptors (Lipinski definition) is 8. The molecule has 3 N–H and O–H groups in total. The van der Waals surface area contributed by atoms with Crippen molar-refractivity contribution in [3.05, 3.63) is 61.3 Å². The molecule has 0 spiro atoms. The van der Waals surface area contributed by atoms with Crippen LogP contribution in [0.15, 0.2) is 39.5 Å². The number of rotatable bonds is 4. The van der Waals surface area contributed by atoms with Crippen molar-refractivity contribution in [3.63, 3.8) is 0 Å². The number of likely N-dealkylation sites (N-methyl/N-ethyl adjacent to an activating group) is 1. The summed E-state index contributed by atoms with van der Waals surface area (Å²) in [7, 11) is 1.84. The number of nitrogens with zero attached hydrogens (tertiary/aromatic N) is 2. The molecule has 4 rings (SSSR count). The molecule has 1 saturated heterocycles. The van der Waals surface area contributed by atoms with Crippen molar-refractivity contribution < 1.29 is 24.7 Å². The summed E-state index contributed by atoms with van der Waals surface area (Å²) in [6, 6.07) is 5.97. The van der Waals surface area contributed by atoms with Crippen molar-refractivity contribution in [1.82, 2.24) is 4.90 Å². The molecule has 2 unspecified atom stereocenters. The van der Waals surface area contributed by atoms with Crippen molar-refractivity contribution in [2.45, 2.75) is 18.4 Å². The second kappa shape index (κ2) is 7.84. The average Bonchev–Trinajstić information content (AvgIpc) is 3.07. The number of likely N-dealkylation sites (tertiary alicyclic amines) is 1. The Bertz CT molecular complexity index is 1260. The molecule has 1 aromatic heterocycles. The Morgan fingerprint density at radius 3 is 2.71 bits per heavy atom. The summed E-state index contributed by atoms with van der Waals surface area (Å²) in [4.78, 5) is 25.4. The van der Waals surface area contributed by atoms with Gasteiger partial charge >= 0.3 is 0 Å². The first-order valence-corrected chi connectivity index (χ1v) is 9.89. The quantitative estimate of drug-likeness (QED) is 0.410. The van der Waals surface area contributed by atoms with Crippen molar-refractivity contribution in [3.8, 4) is 22.8 Å². The van der Waals surface area contributed by atoms with Gasteiger partial charge in [0.25, 0.3) is 5.69 Å². The zero-order valence-corrected chi connectivity index (χ0v) is 17.2. The molecule has 1 aliphatic rings. The van der Waals surface area contributed by atoms with Gasteiger partial charge < -0.3 is 24.6 Å². The van der Waals surface area contributed by atoms with Crippen molar-refractivity contribution in [2.75, 3.05) is 20.2 Å². The SMILES string of the molecule is CN1CCC(c2c(O)cc(O)c3c(=O)cc(-c4cccc([N+](=O)[O-])c4Cl)oc23)C1CO. The summed E-state index contributed by atoms with van der Waals surface area (Å²) in [6.07, 6.45) is 0.584. The van der Waals surface area contributed by atoms with Gasteiger partial charge in [0.15, 0.2) is 5.43 Å². The Morgan fingerprint density at radius 2 is 2.03 bits per heavy atom. The molecule has 0 amide bonds. The van der Waals surface area contributed by atoms with E-state index in [1.165, 1.54) is 18.2 Å². The van der Waals surface area contributed by atoms with E-state index in [2.05, 4.69) is 0 Å². The predicted octanol–water partition coefficient (Wildman–Crippen LogP) is 3.21. The van der Waals surface area contributed by atoms with Crippen LogP contribution in [0.5, 0.6) is 11.5 Å². The normalized spacial score (nSPS) is 19.2. The van der Waals surface area contributed by atoms with Crippen LogP contribution in [0, 0.1) is 10.1 Å². The summed E-state index contributed by atoms with van der Waals surface area (Å²) in [5.41, 5.74) is -0.563. The third-order valence-corrected chi connectivity index (χ3v) is 6.22. The van der Waals surface area contributed by atoms with Gasteiger partial charge in [0.05, 0.1) is 11.5 Å². The average molecular weight is 447 g/mol. The van der Waals surface area contributed by atoms with Gasteiger partial charge in [0, 0.05) is 41.3 Å². The largest absolute Gasteiger partial charge is 0.507 e. The number of phenolic OH excluding ortho intramolecular Hbond substituents is 2. The van der Waals surface area contributed by atoms with Crippen LogP contribution in [0.3, 0.4) is 0 Å². The summed E-state index contributed by atoms with van der Waals surface area (Å²) >= 11 is 6.19. The Hall–Kier alpha value is -3.14. The maximum absolute atomic E-state index is 12.9. The number of nitro benzene ring substituents is 1. The lowest BCUT2D eigenvalue weighted by Gasteiger charge is -2.24. The van der Waals surface area contributed by atoms with E-state index >= 15 is 0 Å². The number of phenols is 2. The third kappa shape index (κ3) is 3.40. The van der Waals surface area contributed by atoms with Gasteiger partial charge in [-0.1, -0.05) is 17.7 Å². The number of nitro groups is 1. The second-order valence-electron chi connectivity index (χ2n) is 7.53. The van der Waals surface area contributed by atoms with Crippen molar-refractivity contribution >= 4 is 28.3 Å². The molecule has 2 aromatic carbocycles. The third-order valence-electron chi connectivity index (χ3n) is 5.82. The standard InChI is InChI=1S/C21H19ClN2O7/c1-23-6-5-10(13(23)9-25)18-14(26)7-15(27)19-16(28)8-17(31-21(18)19)11-3-2-4-12(20(11)22)24(29)30/h2-4,7-8,10,13,25-27H,5-6,9H2,1H3. The fraction of sp³-hybridized carbons (Fsp3) is 0.286. The summed E-state index contributed by atoms with van der Waals surface area (Å²) in [5.74, 6) is -1.12. The van der Waals surface area contributed by atoms with Gasteiger partial charge in [-0.15, -0.1) is 0 Å². The van der Waals surface area contributed by atoms with Crippen molar-refractivity contribution in [1.29, 1.82) is 0 Å². The van der Waals surface area contributed by atoms with Crippen LogP contribution in [0.4, 0.5) is 5.69 Å². The van der Waals surface area contributed by atoms with Crippen LogP contribution in [-0.4, -0.2) is 51.4 Å². The molecule has 31 heavy (non-hydrogen) atoms. The molecule has 162 valence electrons. The summed E-state index contributed by atoms with van der Waals surface area (Å²) < 4.78 is 5.95. The number of aliphatic hydroxyl groups is 1. The smallest absolute Gasteiger partial charge is 0.288 e. The van der Waals surface area contributed by atoms with Crippen molar-refractivity contribution in [2.24, 2.45) is 0 Å². The van der Waals surface area contributed by atoms with Crippen LogP contribution in [0.1, 0.15) is 17.9 Å². The van der Waals surface area contributed by atoms with Crippen LogP contribution >= 0.6 is 11.6 Å². The van der Waals surface area contributed by atoms with Gasteiger partial charge in [-0.05, 0) is 26.1 Å². The second-order valence-corrected chi connectivity index (χ2v) is 7.91. The molecule has 9 nitrogen and oxygen atoms in total. The zero-order valence-electron chi connectivity index (χ0n) is 16.4. The lowest BCUT2D eigenvalue weighted by Crippen LogP contribution is -2.32. The number of fused-ring (bicyclic) bond motifs is 1. The Morgan fingerprint density at radius 1 is 1.29 bits per heavy atom. The highest BCUT2D eigenvalue weighted by Crippen LogP contribution is 2.45. The lowest BCUT2D eigenvalue weighted by atomic mass is 9.89. The van der Waals surface area contributed by atoms with Crippen LogP contribution < -0.4 is 5.43 Å². The lowest BCUT2D eigenvalue weighted by molar-refractivity contribution is -0.384. The molecule has 1 aliphatic heterocycles. The van der Waals surface area contributed by atoms with Gasteiger partial charge in [-0.2, -0.15) is 0 Å². The first-order valence-electron chi connectivity index (χ1n) is 9.51. The maximum atomic E-state index is 12.9. The van der Waals surface area contributed by atoms with Crippen LogP contribution in [0.25, 0.3) is 22.3 Å². The van der Waals surface area contributed by atoms with Gasteiger partial charge in [-0.25, -0.2) is 0 Å². The fourth-order valence-electron chi connectivity index (χ4n) is 4.28. The van der Waals surface area contributed by atoms with Crippen LogP contribution in [0.2, 0.25) is 5.02 Å². The molecule has 0 saturated carbocycles. The molecule has 2 atom stereocenters. The molecule has 0 aliphatic carbocycles. The fourth-order valence-corrected chi connectivity index (χ4v) is 4.56. The molecular weight excluding hydrogens is 428 g/mol. The van der Waals surface area contributed by atoms with Gasteiger partial charge in [-0.3, -0.25) is 14.9 Å². The summed E-state index contributed by atoms with van der Waals surface area (Å²) in [5, 5.41) is 41.7. The van der Waals surface area contributed by atoms with Gasteiger partial charge in [0.1, 0.15) is 33.3 Å². The van der Waals surface area contributed by atoms with E-state index in [0.717, 1.165) is 12.1 Å². The number of halogens is 1. The minimum atomic E-state index is -0.645. The molecule has 0 radical (unpaired) electrons. The Balaban J connectivity index is 2.02. The number of hydrogen-bond donors (Lipinski definition) is 3. The first-order chi connectivity index (χ1) is 14.7. The molecule has 0 bridgehead atoms. The molecule has 10 heteroatoms. The van der Waals surface area contributed by atoms with E-state index in [1.54, 1.807) is 0 Å². The topological polar surface area (TPSA) is 137 Å². The highest BCUT2D eigenvalue weighted by atomic mass is 35.5. The monoisotopic (exact) mass is 446 g/mol. The first kappa shape index (κ1) is 21.1. The molecule has 3 aromatic rings. The molecule has 2 heterocycles. The maximum Gasteiger partial charge on any atom is 0.288 e. The Labute approximate surface area is 180 Å². The summed E-state index contributed by atoms with van der Waals surface area (Å²) in [6.45, 7) is 0.474. The number of aliphatic hydroxyl groups excluding tert-OH is 1.